The van der Waals surface area contributed by atoms with Gasteiger partial charge in [0.1, 0.15) is 19.3 Å². The Bertz CT molecular complexity index is 1620. The molecule has 3 atom stereocenters. The monoisotopic (exact) mass is 1160 g/mol. The van der Waals surface area contributed by atoms with Gasteiger partial charge in [-0.3, -0.25) is 18.6 Å². The summed E-state index contributed by atoms with van der Waals surface area (Å²) in [6.45, 7) is 7.00. The molecule has 0 aromatic rings. The maximum atomic E-state index is 13.6. The smallest absolute Gasteiger partial charge is 0.456 e. The van der Waals surface area contributed by atoms with Crippen LogP contribution in [0, 0.1) is 0 Å². The third-order valence-corrected chi connectivity index (χ3v) is 16.1. The van der Waals surface area contributed by atoms with E-state index < -0.39 is 20.0 Å². The number of allylic oxidation sites excluding steroid dienone is 11. The highest BCUT2D eigenvalue weighted by atomic mass is 31.2. The predicted octanol–water partition coefficient (Wildman–Crippen LogP) is 21.6. The molecule has 0 saturated heterocycles. The number of carbonyl (C=O) groups excluding carboxylic acids is 2. The fourth-order valence-corrected chi connectivity index (χ4v) is 10.5. The standard InChI is InChI=1S/C71H131N2O7P/c1-7-10-13-16-19-22-25-28-30-32-33-34-35-36-37-38-39-41-43-46-49-52-55-58-61-64-71(75)80-69(62-59-56-53-50-47-44-27-24-21-18-15-12-9-3)68(67-79-81(76,77)78-66-65-73(4,5)6)72-70(74)63-60-57-54-51-48-45-42-40-31-29-26-23-20-17-14-11-8-2/h19,22,28-31,33-34,36-37,59,62,68-69H,7-18,20-21,23-27,32,35,38-58,60-61,63-67H2,1-6H3,(H-,72,74,76,77)/p+1/b22-19-,30-28-,31-29+,34-33-,37-36-,62-59-. The van der Waals surface area contributed by atoms with Gasteiger partial charge in [0.05, 0.1) is 33.8 Å². The van der Waals surface area contributed by atoms with Gasteiger partial charge in [-0.1, -0.05) is 274 Å². The Kier molecular flexibility index (Phi) is 58.7. The lowest BCUT2D eigenvalue weighted by Crippen LogP contribution is -2.47. The zero-order chi connectivity index (χ0) is 59.3. The number of unbranched alkanes of at least 4 members (excludes halogenated alkanes) is 36. The van der Waals surface area contributed by atoms with E-state index in [9.17, 15) is 19.0 Å². The van der Waals surface area contributed by atoms with Crippen LogP contribution in [-0.4, -0.2) is 74.3 Å². The topological polar surface area (TPSA) is 111 Å². The Morgan fingerprint density at radius 3 is 1.16 bits per heavy atom. The molecular weight excluding hydrogens is 1020 g/mol. The number of nitrogens with zero attached hydrogens (tertiary/aromatic N) is 1. The number of hydrogen-bond acceptors (Lipinski definition) is 6. The molecule has 0 aliphatic rings. The van der Waals surface area contributed by atoms with E-state index in [1.165, 1.54) is 180 Å². The fourth-order valence-electron chi connectivity index (χ4n) is 9.80. The molecule has 1 amide bonds. The summed E-state index contributed by atoms with van der Waals surface area (Å²) >= 11 is 0. The molecule has 9 nitrogen and oxygen atoms in total. The minimum absolute atomic E-state index is 0.0370. The Balaban J connectivity index is 5.16. The van der Waals surface area contributed by atoms with Crippen molar-refractivity contribution in [1.82, 2.24) is 5.32 Å². The second kappa shape index (κ2) is 60.6. The SMILES string of the molecule is CCCCC/C=C\C/C=C\C/C=C\C/C=C\CCCCCCCCCCCC(=O)OC(/C=C\CCCCCCCCCCCCC)C(COP(=O)(O)OCC[N+](C)(C)C)NC(=O)CCCCCCCCC/C=C/CCCCCCCC. The molecule has 81 heavy (non-hydrogen) atoms. The number of ether oxygens (including phenoxy) is 1. The van der Waals surface area contributed by atoms with E-state index >= 15 is 0 Å². The van der Waals surface area contributed by atoms with E-state index in [0.717, 1.165) is 103 Å². The van der Waals surface area contributed by atoms with Gasteiger partial charge in [0.25, 0.3) is 0 Å². The summed E-state index contributed by atoms with van der Waals surface area (Å²) in [6, 6.07) is -0.856. The van der Waals surface area contributed by atoms with Crippen molar-refractivity contribution in [3.05, 3.63) is 72.9 Å². The summed E-state index contributed by atoms with van der Waals surface area (Å²) in [4.78, 5) is 37.8. The molecule has 0 aromatic carbocycles. The molecule has 0 rings (SSSR count). The minimum Gasteiger partial charge on any atom is -0.456 e. The zero-order valence-corrected chi connectivity index (χ0v) is 54.9. The summed E-state index contributed by atoms with van der Waals surface area (Å²) in [5.74, 6) is -0.510. The van der Waals surface area contributed by atoms with Gasteiger partial charge in [0, 0.05) is 12.8 Å². The number of phosphoric acid groups is 1. The third-order valence-electron chi connectivity index (χ3n) is 15.1. The van der Waals surface area contributed by atoms with Crippen LogP contribution in [0.25, 0.3) is 0 Å². The summed E-state index contributed by atoms with van der Waals surface area (Å²) in [6.07, 6.45) is 79.0. The van der Waals surface area contributed by atoms with Gasteiger partial charge < -0.3 is 19.4 Å². The van der Waals surface area contributed by atoms with Gasteiger partial charge in [-0.25, -0.2) is 4.57 Å². The van der Waals surface area contributed by atoms with Crippen LogP contribution < -0.4 is 5.32 Å². The number of quaternary nitrogens is 1. The summed E-state index contributed by atoms with van der Waals surface area (Å²) in [5.41, 5.74) is 0. The zero-order valence-electron chi connectivity index (χ0n) is 54.0. The average Bonchev–Trinajstić information content (AvgIpc) is 3.44. The molecule has 0 aliphatic carbocycles. The van der Waals surface area contributed by atoms with Crippen LogP contribution in [0.1, 0.15) is 316 Å². The van der Waals surface area contributed by atoms with Gasteiger partial charge in [0.15, 0.2) is 0 Å². The van der Waals surface area contributed by atoms with E-state index in [2.05, 4.69) is 86.8 Å². The molecule has 0 aliphatic heterocycles. The molecule has 0 radical (unpaired) electrons. The molecule has 10 heteroatoms. The van der Waals surface area contributed by atoms with Crippen molar-refractivity contribution in [2.75, 3.05) is 40.9 Å². The highest BCUT2D eigenvalue weighted by Gasteiger charge is 2.30. The van der Waals surface area contributed by atoms with Crippen molar-refractivity contribution in [3.8, 4) is 0 Å². The Morgan fingerprint density at radius 1 is 0.432 bits per heavy atom. The molecule has 0 bridgehead atoms. The first-order chi connectivity index (χ1) is 39.4. The van der Waals surface area contributed by atoms with E-state index in [-0.39, 0.29) is 31.5 Å². The number of likely N-dealkylation sites (N-methyl/N-ethyl adjacent to an activating group) is 1. The number of nitrogens with one attached hydrogen (secondary N) is 1. The first-order valence-corrected chi connectivity index (χ1v) is 35.8. The van der Waals surface area contributed by atoms with E-state index in [1.807, 2.05) is 33.3 Å². The quantitative estimate of drug-likeness (QED) is 0.0205. The first kappa shape index (κ1) is 78.5. The number of rotatable bonds is 62. The largest absolute Gasteiger partial charge is 0.472 e. The lowest BCUT2D eigenvalue weighted by molar-refractivity contribution is -0.870. The van der Waals surface area contributed by atoms with Crippen LogP contribution in [0.3, 0.4) is 0 Å². The van der Waals surface area contributed by atoms with Crippen LogP contribution in [0.2, 0.25) is 0 Å². The lowest BCUT2D eigenvalue weighted by Gasteiger charge is -2.27. The summed E-state index contributed by atoms with van der Waals surface area (Å²) in [7, 11) is 1.49. The fraction of sp³-hybridized carbons (Fsp3) is 0.803. The highest BCUT2D eigenvalue weighted by molar-refractivity contribution is 7.47. The molecule has 0 spiro atoms. The Hall–Kier alpha value is -2.55. The van der Waals surface area contributed by atoms with E-state index in [0.29, 0.717) is 17.4 Å². The van der Waals surface area contributed by atoms with Crippen molar-refractivity contribution in [2.45, 2.75) is 328 Å². The number of esters is 1. The van der Waals surface area contributed by atoms with Gasteiger partial charge in [-0.15, -0.1) is 0 Å². The Labute approximate surface area is 502 Å². The lowest BCUT2D eigenvalue weighted by atomic mass is 10.0. The minimum atomic E-state index is -4.46. The van der Waals surface area contributed by atoms with Gasteiger partial charge in [-0.2, -0.15) is 0 Å². The number of carbonyl (C=O) groups is 2. The van der Waals surface area contributed by atoms with Crippen LogP contribution in [0.5, 0.6) is 0 Å². The number of phosphoric ester groups is 1. The van der Waals surface area contributed by atoms with Crippen molar-refractivity contribution in [1.29, 1.82) is 0 Å². The molecule has 0 aromatic heterocycles. The molecule has 3 unspecified atom stereocenters. The molecule has 0 heterocycles. The normalized spacial score (nSPS) is 14.0. The van der Waals surface area contributed by atoms with Crippen molar-refractivity contribution < 1.29 is 37.3 Å². The van der Waals surface area contributed by atoms with Crippen LogP contribution in [0.4, 0.5) is 0 Å². The predicted molar refractivity (Wildman–Crippen MR) is 351 cm³/mol. The van der Waals surface area contributed by atoms with Crippen LogP contribution >= 0.6 is 7.82 Å². The molecular formula is C71H132N2O7P+. The van der Waals surface area contributed by atoms with Crippen molar-refractivity contribution in [3.63, 3.8) is 0 Å². The van der Waals surface area contributed by atoms with E-state index in [4.69, 9.17) is 13.8 Å². The molecule has 0 saturated carbocycles. The average molecular weight is 1160 g/mol. The summed E-state index contributed by atoms with van der Waals surface area (Å²) < 4.78 is 30.8. The van der Waals surface area contributed by atoms with Crippen LogP contribution in [0.15, 0.2) is 72.9 Å². The molecule has 0 fully saturated rings. The highest BCUT2D eigenvalue weighted by Crippen LogP contribution is 2.43. The van der Waals surface area contributed by atoms with Gasteiger partial charge in [-0.05, 0) is 102 Å². The van der Waals surface area contributed by atoms with Crippen LogP contribution in [-0.2, 0) is 27.9 Å². The summed E-state index contributed by atoms with van der Waals surface area (Å²) in [5, 5.41) is 3.06. The van der Waals surface area contributed by atoms with E-state index in [1.54, 1.807) is 0 Å². The number of amides is 1. The van der Waals surface area contributed by atoms with Gasteiger partial charge >= 0.3 is 13.8 Å². The molecule has 2 N–H and O–H groups in total. The number of hydrogen-bond donors (Lipinski definition) is 2. The van der Waals surface area contributed by atoms with Crippen molar-refractivity contribution in [2.24, 2.45) is 0 Å². The third kappa shape index (κ3) is 61.8. The second-order valence-electron chi connectivity index (χ2n) is 24.3. The maximum absolute atomic E-state index is 13.6. The Morgan fingerprint density at radius 2 is 0.753 bits per heavy atom. The molecule has 472 valence electrons. The second-order valence-corrected chi connectivity index (χ2v) is 25.8. The van der Waals surface area contributed by atoms with Crippen molar-refractivity contribution >= 4 is 19.7 Å². The van der Waals surface area contributed by atoms with Gasteiger partial charge in [0.2, 0.25) is 5.91 Å². The first-order valence-electron chi connectivity index (χ1n) is 34.3. The maximum Gasteiger partial charge on any atom is 0.472 e.